The molecule has 1 rings (SSSR count). The topological polar surface area (TPSA) is 56.0 Å². The first-order chi connectivity index (χ1) is 9.05. The van der Waals surface area contributed by atoms with Gasteiger partial charge in [-0.05, 0) is 50.0 Å². The Hall–Kier alpha value is -0.590. The van der Waals surface area contributed by atoms with E-state index in [4.69, 9.17) is 5.26 Å². The highest BCUT2D eigenvalue weighted by Gasteiger charge is 2.22. The molecule has 1 aliphatic rings. The summed E-state index contributed by atoms with van der Waals surface area (Å²) >= 11 is 0. The monoisotopic (exact) mass is 266 g/mol. The lowest BCUT2D eigenvalue weighted by atomic mass is 9.83. The molecule has 0 spiro atoms. The van der Waals surface area contributed by atoms with Crippen molar-refractivity contribution >= 4 is 0 Å². The largest absolute Gasteiger partial charge is 0.393 e. The van der Waals surface area contributed by atoms with Crippen molar-refractivity contribution in [3.8, 4) is 6.07 Å². The molecule has 2 atom stereocenters. The quantitative estimate of drug-likeness (QED) is 0.663. The number of rotatable bonds is 8. The predicted molar refractivity (Wildman–Crippen MR) is 78.7 cm³/mol. The minimum Gasteiger partial charge on any atom is -0.393 e. The molecule has 1 aliphatic carbocycles. The van der Waals surface area contributed by atoms with Gasteiger partial charge in [-0.2, -0.15) is 5.26 Å². The van der Waals surface area contributed by atoms with E-state index in [-0.39, 0.29) is 11.5 Å². The smallest absolute Gasteiger partial charge is 0.0621 e. The Bertz CT molecular complexity index is 283. The van der Waals surface area contributed by atoms with Crippen molar-refractivity contribution < 1.29 is 5.11 Å². The molecule has 3 nitrogen and oxygen atoms in total. The van der Waals surface area contributed by atoms with Crippen LogP contribution in [0.1, 0.15) is 65.2 Å². The van der Waals surface area contributed by atoms with Crippen molar-refractivity contribution in [2.24, 2.45) is 11.3 Å². The van der Waals surface area contributed by atoms with Gasteiger partial charge in [-0.25, -0.2) is 0 Å². The summed E-state index contributed by atoms with van der Waals surface area (Å²) in [5.41, 5.74) is 0.208. The van der Waals surface area contributed by atoms with Crippen LogP contribution in [-0.4, -0.2) is 24.3 Å². The summed E-state index contributed by atoms with van der Waals surface area (Å²) in [6.45, 7) is 6.42. The van der Waals surface area contributed by atoms with E-state index in [1.807, 2.05) is 0 Å². The Morgan fingerprint density at radius 2 is 2.05 bits per heavy atom. The van der Waals surface area contributed by atoms with E-state index in [1.165, 1.54) is 19.3 Å². The molecule has 1 saturated carbocycles. The van der Waals surface area contributed by atoms with E-state index in [2.05, 4.69) is 25.2 Å². The van der Waals surface area contributed by atoms with Gasteiger partial charge in [-0.15, -0.1) is 0 Å². The van der Waals surface area contributed by atoms with Crippen molar-refractivity contribution in [1.29, 1.82) is 5.26 Å². The summed E-state index contributed by atoms with van der Waals surface area (Å²) in [4.78, 5) is 0. The second kappa shape index (κ2) is 8.55. The minimum absolute atomic E-state index is 0.0548. The van der Waals surface area contributed by atoms with Gasteiger partial charge in [0.05, 0.1) is 12.2 Å². The lowest BCUT2D eigenvalue weighted by Crippen LogP contribution is -2.31. The number of aliphatic hydroxyl groups excluding tert-OH is 1. The second-order valence-electron chi connectivity index (χ2n) is 6.75. The lowest BCUT2D eigenvalue weighted by molar-refractivity contribution is 0.0642. The van der Waals surface area contributed by atoms with Gasteiger partial charge >= 0.3 is 0 Å². The average Bonchev–Trinajstić information content (AvgIpc) is 2.38. The van der Waals surface area contributed by atoms with Crippen molar-refractivity contribution in [2.75, 3.05) is 13.1 Å². The predicted octanol–water partition coefficient (Wildman–Crippen LogP) is 3.24. The molecular formula is C16H30N2O. The molecule has 2 N–H and O–H groups in total. The molecular weight excluding hydrogens is 236 g/mol. The number of nitrogens with zero attached hydrogens (tertiary/aromatic N) is 1. The third kappa shape index (κ3) is 6.94. The molecule has 0 bridgehead atoms. The van der Waals surface area contributed by atoms with E-state index in [1.54, 1.807) is 0 Å². The summed E-state index contributed by atoms with van der Waals surface area (Å²) in [7, 11) is 0. The van der Waals surface area contributed by atoms with E-state index in [0.29, 0.717) is 12.3 Å². The highest BCUT2D eigenvalue weighted by atomic mass is 16.3. The SMILES string of the molecule is CC(C)(CCC#N)CNCCCC1CCCCC1O. The maximum absolute atomic E-state index is 9.90. The summed E-state index contributed by atoms with van der Waals surface area (Å²) in [6, 6.07) is 2.22. The van der Waals surface area contributed by atoms with E-state index < -0.39 is 0 Å². The van der Waals surface area contributed by atoms with E-state index >= 15 is 0 Å². The van der Waals surface area contributed by atoms with Crippen molar-refractivity contribution in [2.45, 2.75) is 71.3 Å². The van der Waals surface area contributed by atoms with Crippen LogP contribution in [0.3, 0.4) is 0 Å². The summed E-state index contributed by atoms with van der Waals surface area (Å²) in [5.74, 6) is 0.530. The van der Waals surface area contributed by atoms with Crippen LogP contribution in [-0.2, 0) is 0 Å². The zero-order valence-corrected chi connectivity index (χ0v) is 12.6. The molecule has 0 heterocycles. The molecule has 0 aliphatic heterocycles. The highest BCUT2D eigenvalue weighted by molar-refractivity contribution is 4.79. The number of hydrogen-bond donors (Lipinski definition) is 2. The van der Waals surface area contributed by atoms with Crippen LogP contribution in [0.15, 0.2) is 0 Å². The van der Waals surface area contributed by atoms with Crippen molar-refractivity contribution in [3.63, 3.8) is 0 Å². The van der Waals surface area contributed by atoms with Crippen LogP contribution in [0.5, 0.6) is 0 Å². The first kappa shape index (κ1) is 16.5. The molecule has 2 unspecified atom stereocenters. The van der Waals surface area contributed by atoms with E-state index in [9.17, 15) is 5.11 Å². The number of nitriles is 1. The Kier molecular flexibility index (Phi) is 7.41. The van der Waals surface area contributed by atoms with Crippen LogP contribution in [0, 0.1) is 22.7 Å². The molecule has 0 aromatic carbocycles. The Morgan fingerprint density at radius 1 is 1.32 bits per heavy atom. The van der Waals surface area contributed by atoms with Crippen LogP contribution >= 0.6 is 0 Å². The fourth-order valence-electron chi connectivity index (χ4n) is 2.92. The fourth-order valence-corrected chi connectivity index (χ4v) is 2.92. The molecule has 0 aromatic heterocycles. The van der Waals surface area contributed by atoms with Gasteiger partial charge in [0.2, 0.25) is 0 Å². The number of hydrogen-bond acceptors (Lipinski definition) is 3. The molecule has 3 heteroatoms. The molecule has 110 valence electrons. The zero-order chi connectivity index (χ0) is 14.1. The Balaban J connectivity index is 2.06. The molecule has 19 heavy (non-hydrogen) atoms. The van der Waals surface area contributed by atoms with Gasteiger partial charge in [-0.1, -0.05) is 26.7 Å². The standard InChI is InChI=1S/C16H30N2O/c1-16(2,10-6-11-17)13-18-12-5-8-14-7-3-4-9-15(14)19/h14-15,18-19H,3-10,12-13H2,1-2H3. The van der Waals surface area contributed by atoms with Crippen LogP contribution in [0.25, 0.3) is 0 Å². The molecule has 0 radical (unpaired) electrons. The van der Waals surface area contributed by atoms with E-state index in [0.717, 1.165) is 38.8 Å². The van der Waals surface area contributed by atoms with Gasteiger partial charge in [0.15, 0.2) is 0 Å². The van der Waals surface area contributed by atoms with Gasteiger partial charge in [-0.3, -0.25) is 0 Å². The summed E-state index contributed by atoms with van der Waals surface area (Å²) in [5, 5.41) is 22.0. The highest BCUT2D eigenvalue weighted by Crippen LogP contribution is 2.27. The minimum atomic E-state index is -0.0548. The van der Waals surface area contributed by atoms with Crippen molar-refractivity contribution in [3.05, 3.63) is 0 Å². The zero-order valence-electron chi connectivity index (χ0n) is 12.6. The van der Waals surface area contributed by atoms with Crippen molar-refractivity contribution in [1.82, 2.24) is 5.32 Å². The Labute approximate surface area is 118 Å². The Morgan fingerprint density at radius 3 is 2.74 bits per heavy atom. The van der Waals surface area contributed by atoms with Crippen LogP contribution in [0.2, 0.25) is 0 Å². The second-order valence-corrected chi connectivity index (χ2v) is 6.75. The van der Waals surface area contributed by atoms with Gasteiger partial charge < -0.3 is 10.4 Å². The lowest BCUT2D eigenvalue weighted by Gasteiger charge is -2.28. The summed E-state index contributed by atoms with van der Waals surface area (Å²) < 4.78 is 0. The van der Waals surface area contributed by atoms with Gasteiger partial charge in [0, 0.05) is 13.0 Å². The maximum Gasteiger partial charge on any atom is 0.0621 e. The number of aliphatic hydroxyl groups is 1. The van der Waals surface area contributed by atoms with Gasteiger partial charge in [0.25, 0.3) is 0 Å². The summed E-state index contributed by atoms with van der Waals surface area (Å²) in [6.07, 6.45) is 8.53. The first-order valence-corrected chi connectivity index (χ1v) is 7.81. The van der Waals surface area contributed by atoms with Crippen LogP contribution in [0.4, 0.5) is 0 Å². The third-order valence-corrected chi connectivity index (χ3v) is 4.31. The normalized spacial score (nSPS) is 24.1. The maximum atomic E-state index is 9.90. The van der Waals surface area contributed by atoms with Gasteiger partial charge in [0.1, 0.15) is 0 Å². The average molecular weight is 266 g/mol. The fraction of sp³-hybridized carbons (Fsp3) is 0.938. The molecule has 0 amide bonds. The molecule has 0 saturated heterocycles. The molecule has 1 fully saturated rings. The molecule has 0 aromatic rings. The first-order valence-electron chi connectivity index (χ1n) is 7.81. The third-order valence-electron chi connectivity index (χ3n) is 4.31. The number of nitrogens with one attached hydrogen (secondary N) is 1. The van der Waals surface area contributed by atoms with Crippen LogP contribution < -0.4 is 5.32 Å².